The maximum Gasteiger partial charge on any atom is 0.228 e. The largest absolute Gasteiger partial charge is 0.395 e. The number of carbonyl (C=O) groups is 1. The van der Waals surface area contributed by atoms with Crippen LogP contribution in [0.5, 0.6) is 0 Å². The Labute approximate surface area is 134 Å². The number of aromatic nitrogens is 1. The van der Waals surface area contributed by atoms with Crippen molar-refractivity contribution in [3.8, 4) is 9.88 Å². The first-order valence-corrected chi connectivity index (χ1v) is 8.76. The van der Waals surface area contributed by atoms with Gasteiger partial charge in [-0.05, 0) is 28.9 Å². The lowest BCUT2D eigenvalue weighted by Crippen LogP contribution is -2.34. The summed E-state index contributed by atoms with van der Waals surface area (Å²) in [5, 5.41) is 13.8. The number of halogens is 1. The van der Waals surface area contributed by atoms with E-state index in [1.165, 1.54) is 0 Å². The van der Waals surface area contributed by atoms with E-state index in [0.717, 1.165) is 20.1 Å². The molecule has 0 saturated heterocycles. The van der Waals surface area contributed by atoms with Gasteiger partial charge >= 0.3 is 0 Å². The number of nitrogens with zero attached hydrogens (tertiary/aromatic N) is 2. The molecule has 0 aromatic carbocycles. The van der Waals surface area contributed by atoms with Crippen LogP contribution in [-0.4, -0.2) is 40.6 Å². The van der Waals surface area contributed by atoms with Crippen molar-refractivity contribution in [1.29, 1.82) is 0 Å². The molecule has 2 aromatic rings. The molecule has 0 atom stereocenters. The van der Waals surface area contributed by atoms with E-state index in [2.05, 4.69) is 20.9 Å². The van der Waals surface area contributed by atoms with Crippen LogP contribution in [0.25, 0.3) is 9.88 Å². The van der Waals surface area contributed by atoms with Gasteiger partial charge in [0, 0.05) is 28.3 Å². The lowest BCUT2D eigenvalue weighted by atomic mass is 10.3. The smallest absolute Gasteiger partial charge is 0.228 e. The molecule has 0 unspecified atom stereocenters. The molecule has 1 amide bonds. The van der Waals surface area contributed by atoms with E-state index in [1.54, 1.807) is 27.6 Å². The van der Waals surface area contributed by atoms with Crippen molar-refractivity contribution in [3.05, 3.63) is 27.0 Å². The Morgan fingerprint density at radius 3 is 2.85 bits per heavy atom. The fourth-order valence-corrected chi connectivity index (χ4v) is 4.10. The molecule has 0 aliphatic rings. The standard InChI is InChI=1S/C13H15BrN2O2S2/c1-2-16(3-4-17)12(18)6-10-8-20-13(15-10)11-5-9(14)7-19-11/h5,7-8,17H,2-4,6H2,1H3. The molecule has 4 nitrogen and oxygen atoms in total. The Morgan fingerprint density at radius 2 is 2.25 bits per heavy atom. The molecule has 0 aliphatic carbocycles. The van der Waals surface area contributed by atoms with Gasteiger partial charge in [-0.3, -0.25) is 4.79 Å². The maximum atomic E-state index is 12.1. The summed E-state index contributed by atoms with van der Waals surface area (Å²) >= 11 is 6.60. The molecule has 0 aliphatic heterocycles. The Balaban J connectivity index is 2.04. The molecule has 2 rings (SSSR count). The van der Waals surface area contributed by atoms with E-state index >= 15 is 0 Å². The SMILES string of the molecule is CCN(CCO)C(=O)Cc1csc(-c2cc(Br)cs2)n1. The first-order chi connectivity index (χ1) is 9.63. The van der Waals surface area contributed by atoms with Crippen LogP contribution in [0, 0.1) is 0 Å². The van der Waals surface area contributed by atoms with Crippen LogP contribution in [0.15, 0.2) is 21.3 Å². The number of rotatable bonds is 6. The fraction of sp³-hybridized carbons (Fsp3) is 0.385. The number of hydrogen-bond donors (Lipinski definition) is 1. The summed E-state index contributed by atoms with van der Waals surface area (Å²) in [6.45, 7) is 2.88. The van der Waals surface area contributed by atoms with Gasteiger partial charge in [-0.15, -0.1) is 22.7 Å². The highest BCUT2D eigenvalue weighted by molar-refractivity contribution is 9.10. The third-order valence-electron chi connectivity index (χ3n) is 2.77. The van der Waals surface area contributed by atoms with Crippen LogP contribution in [0.4, 0.5) is 0 Å². The number of amides is 1. The maximum absolute atomic E-state index is 12.1. The van der Waals surface area contributed by atoms with Gasteiger partial charge in [0.25, 0.3) is 0 Å². The van der Waals surface area contributed by atoms with Crippen molar-refractivity contribution in [2.24, 2.45) is 0 Å². The second-order valence-electron chi connectivity index (χ2n) is 4.15. The van der Waals surface area contributed by atoms with Crippen LogP contribution in [0.3, 0.4) is 0 Å². The summed E-state index contributed by atoms with van der Waals surface area (Å²) in [6, 6.07) is 2.03. The minimum Gasteiger partial charge on any atom is -0.395 e. The monoisotopic (exact) mass is 374 g/mol. The van der Waals surface area contributed by atoms with Crippen LogP contribution >= 0.6 is 38.6 Å². The van der Waals surface area contributed by atoms with E-state index < -0.39 is 0 Å². The highest BCUT2D eigenvalue weighted by Crippen LogP contribution is 2.32. The predicted molar refractivity (Wildman–Crippen MR) is 86.2 cm³/mol. The van der Waals surface area contributed by atoms with Gasteiger partial charge < -0.3 is 10.0 Å². The molecule has 0 spiro atoms. The first kappa shape index (κ1) is 15.6. The Morgan fingerprint density at radius 1 is 1.45 bits per heavy atom. The number of thiazole rings is 1. The van der Waals surface area contributed by atoms with Gasteiger partial charge in [0.1, 0.15) is 5.01 Å². The lowest BCUT2D eigenvalue weighted by Gasteiger charge is -2.18. The zero-order chi connectivity index (χ0) is 14.5. The topological polar surface area (TPSA) is 53.4 Å². The van der Waals surface area contributed by atoms with Crippen LogP contribution in [0.2, 0.25) is 0 Å². The first-order valence-electron chi connectivity index (χ1n) is 6.21. The number of carbonyl (C=O) groups excluding carboxylic acids is 1. The molecule has 2 heterocycles. The van der Waals surface area contributed by atoms with Crippen molar-refractivity contribution < 1.29 is 9.90 Å². The molecule has 0 bridgehead atoms. The molecule has 108 valence electrons. The molecule has 7 heteroatoms. The zero-order valence-corrected chi connectivity index (χ0v) is 14.2. The van der Waals surface area contributed by atoms with E-state index in [-0.39, 0.29) is 18.9 Å². The molecule has 20 heavy (non-hydrogen) atoms. The third kappa shape index (κ3) is 3.88. The van der Waals surface area contributed by atoms with Crippen LogP contribution in [-0.2, 0) is 11.2 Å². The molecule has 0 radical (unpaired) electrons. The Kier molecular flexibility index (Phi) is 5.71. The normalized spacial score (nSPS) is 10.8. The summed E-state index contributed by atoms with van der Waals surface area (Å²) in [5.74, 6) is 0.00533. The second-order valence-corrected chi connectivity index (χ2v) is 6.83. The summed E-state index contributed by atoms with van der Waals surface area (Å²) < 4.78 is 1.05. The van der Waals surface area contributed by atoms with Gasteiger partial charge in [-0.2, -0.15) is 0 Å². The molecular weight excluding hydrogens is 360 g/mol. The van der Waals surface area contributed by atoms with Gasteiger partial charge in [-0.25, -0.2) is 4.98 Å². The lowest BCUT2D eigenvalue weighted by molar-refractivity contribution is -0.130. The Hall–Kier alpha value is -0.760. The zero-order valence-electron chi connectivity index (χ0n) is 11.0. The number of hydrogen-bond acceptors (Lipinski definition) is 5. The van der Waals surface area contributed by atoms with Crippen molar-refractivity contribution in [3.63, 3.8) is 0 Å². The number of aliphatic hydroxyl groups is 1. The van der Waals surface area contributed by atoms with Crippen molar-refractivity contribution in [2.75, 3.05) is 19.7 Å². The van der Waals surface area contributed by atoms with Crippen molar-refractivity contribution in [1.82, 2.24) is 9.88 Å². The van der Waals surface area contributed by atoms with Crippen molar-refractivity contribution >= 4 is 44.5 Å². The second kappa shape index (κ2) is 7.31. The summed E-state index contributed by atoms with van der Waals surface area (Å²) in [6.07, 6.45) is 0.289. The highest BCUT2D eigenvalue weighted by atomic mass is 79.9. The van der Waals surface area contributed by atoms with Crippen LogP contribution in [0.1, 0.15) is 12.6 Å². The third-order valence-corrected chi connectivity index (χ3v) is 5.52. The molecular formula is C13H15BrN2O2S2. The fourth-order valence-electron chi connectivity index (χ4n) is 1.77. The molecule has 1 N–H and O–H groups in total. The van der Waals surface area contributed by atoms with Gasteiger partial charge in [0.2, 0.25) is 5.91 Å². The highest BCUT2D eigenvalue weighted by Gasteiger charge is 2.14. The summed E-state index contributed by atoms with van der Waals surface area (Å²) in [7, 11) is 0. The predicted octanol–water partition coefficient (Wildman–Crippen LogP) is 3.02. The van der Waals surface area contributed by atoms with E-state index in [9.17, 15) is 4.79 Å². The summed E-state index contributed by atoms with van der Waals surface area (Å²) in [5.41, 5.74) is 0.788. The number of likely N-dealkylation sites (N-methyl/N-ethyl adjacent to an activating group) is 1. The van der Waals surface area contributed by atoms with Gasteiger partial charge in [0.15, 0.2) is 0 Å². The van der Waals surface area contributed by atoms with Gasteiger partial charge in [-0.1, -0.05) is 0 Å². The Bertz CT molecular complexity index is 582. The minimum absolute atomic E-state index is 0.00533. The summed E-state index contributed by atoms with van der Waals surface area (Å²) in [4.78, 5) is 19.3. The number of thiophene rings is 1. The average molecular weight is 375 g/mol. The van der Waals surface area contributed by atoms with E-state index in [1.807, 2.05) is 23.8 Å². The van der Waals surface area contributed by atoms with Gasteiger partial charge in [0.05, 0.1) is 23.6 Å². The molecule has 2 aromatic heterocycles. The molecule has 0 fully saturated rings. The quantitative estimate of drug-likeness (QED) is 0.845. The van der Waals surface area contributed by atoms with E-state index in [4.69, 9.17) is 5.11 Å². The van der Waals surface area contributed by atoms with Crippen LogP contribution < -0.4 is 0 Å². The molecule has 0 saturated carbocycles. The number of aliphatic hydroxyl groups excluding tert-OH is 1. The van der Waals surface area contributed by atoms with E-state index in [0.29, 0.717) is 13.1 Å². The minimum atomic E-state index is -0.00881. The van der Waals surface area contributed by atoms with Crippen molar-refractivity contribution in [2.45, 2.75) is 13.3 Å². The average Bonchev–Trinajstić information content (AvgIpc) is 3.04.